The number of hydrogen-bond acceptors (Lipinski definition) is 2. The van der Waals surface area contributed by atoms with Gasteiger partial charge in [-0.05, 0) is 17.9 Å². The summed E-state index contributed by atoms with van der Waals surface area (Å²) in [5.74, 6) is 0.175. The van der Waals surface area contributed by atoms with Gasteiger partial charge in [0.15, 0.2) is 0 Å². The molecule has 0 spiro atoms. The quantitative estimate of drug-likeness (QED) is 0.870. The van der Waals surface area contributed by atoms with Crippen molar-refractivity contribution in [3.8, 4) is 0 Å². The van der Waals surface area contributed by atoms with Gasteiger partial charge in [0.05, 0.1) is 12.1 Å². The van der Waals surface area contributed by atoms with E-state index in [0.717, 1.165) is 12.0 Å². The largest absolute Gasteiger partial charge is 0.337 e. The van der Waals surface area contributed by atoms with Gasteiger partial charge in [-0.25, -0.2) is 0 Å². The molecule has 1 rings (SSSR count). The number of likely N-dealkylation sites (N-methyl/N-ethyl adjacent to an activating group) is 1. The van der Waals surface area contributed by atoms with E-state index in [0.29, 0.717) is 0 Å². The van der Waals surface area contributed by atoms with E-state index in [2.05, 4.69) is 19.1 Å². The van der Waals surface area contributed by atoms with Gasteiger partial charge in [0.1, 0.15) is 0 Å². The van der Waals surface area contributed by atoms with Gasteiger partial charge in [-0.1, -0.05) is 51.1 Å². The lowest BCUT2D eigenvalue weighted by molar-refractivity contribution is -0.134. The van der Waals surface area contributed by atoms with Crippen molar-refractivity contribution < 1.29 is 4.79 Å². The number of nitrogens with zero attached hydrogens (tertiary/aromatic N) is 1. The zero-order chi connectivity index (χ0) is 13.7. The second kappa shape index (κ2) is 6.55. The topological polar surface area (TPSA) is 46.3 Å². The molecule has 18 heavy (non-hydrogen) atoms. The second-order valence-electron chi connectivity index (χ2n) is 5.05. The Bertz CT molecular complexity index is 375. The summed E-state index contributed by atoms with van der Waals surface area (Å²) in [5.41, 5.74) is 7.10. The summed E-state index contributed by atoms with van der Waals surface area (Å²) in [6, 6.07) is 9.77. The average molecular weight is 248 g/mol. The molecule has 0 saturated heterocycles. The van der Waals surface area contributed by atoms with Crippen LogP contribution < -0.4 is 5.73 Å². The minimum absolute atomic E-state index is 0.0145. The van der Waals surface area contributed by atoms with Crippen LogP contribution in [0.3, 0.4) is 0 Å². The van der Waals surface area contributed by atoms with E-state index < -0.39 is 6.04 Å². The van der Waals surface area contributed by atoms with Gasteiger partial charge in [0.25, 0.3) is 0 Å². The third-order valence-electron chi connectivity index (χ3n) is 3.39. The number of hydrogen-bond donors (Lipinski definition) is 1. The van der Waals surface area contributed by atoms with Crippen molar-refractivity contribution >= 4 is 5.91 Å². The van der Waals surface area contributed by atoms with Crippen LogP contribution in [0.5, 0.6) is 0 Å². The Hall–Kier alpha value is -1.35. The minimum Gasteiger partial charge on any atom is -0.337 e. The summed E-state index contributed by atoms with van der Waals surface area (Å²) < 4.78 is 0. The zero-order valence-corrected chi connectivity index (χ0v) is 11.8. The molecule has 0 bridgehead atoms. The molecule has 1 aromatic rings. The molecule has 1 amide bonds. The van der Waals surface area contributed by atoms with Crippen molar-refractivity contribution in [3.63, 3.8) is 0 Å². The molecule has 2 atom stereocenters. The number of benzene rings is 1. The molecule has 0 heterocycles. The summed E-state index contributed by atoms with van der Waals surface area (Å²) in [6.45, 7) is 6.03. The number of carbonyl (C=O) groups is 1. The highest BCUT2D eigenvalue weighted by molar-refractivity contribution is 5.82. The summed E-state index contributed by atoms with van der Waals surface area (Å²) in [7, 11) is 1.84. The maximum Gasteiger partial charge on any atom is 0.240 e. The Labute approximate surface area is 110 Å². The molecule has 0 aliphatic heterocycles. The van der Waals surface area contributed by atoms with Crippen LogP contribution in [-0.2, 0) is 4.79 Å². The highest BCUT2D eigenvalue weighted by Gasteiger charge is 2.26. The fourth-order valence-corrected chi connectivity index (χ4v) is 2.08. The van der Waals surface area contributed by atoms with Crippen molar-refractivity contribution in [2.24, 2.45) is 11.7 Å². The fraction of sp³-hybridized carbons (Fsp3) is 0.533. The van der Waals surface area contributed by atoms with E-state index in [1.165, 1.54) is 0 Å². The van der Waals surface area contributed by atoms with E-state index >= 15 is 0 Å². The fourth-order valence-electron chi connectivity index (χ4n) is 2.08. The van der Waals surface area contributed by atoms with Gasteiger partial charge in [-0.2, -0.15) is 0 Å². The summed E-state index contributed by atoms with van der Waals surface area (Å²) >= 11 is 0. The van der Waals surface area contributed by atoms with Gasteiger partial charge in [-0.3, -0.25) is 4.79 Å². The minimum atomic E-state index is -0.423. The van der Waals surface area contributed by atoms with Crippen LogP contribution in [0, 0.1) is 5.92 Å². The van der Waals surface area contributed by atoms with Crippen LogP contribution in [0.1, 0.15) is 38.8 Å². The monoisotopic (exact) mass is 248 g/mol. The molecule has 0 fully saturated rings. The average Bonchev–Trinajstić information content (AvgIpc) is 2.38. The molecule has 3 nitrogen and oxygen atoms in total. The van der Waals surface area contributed by atoms with E-state index in [1.54, 1.807) is 4.90 Å². The van der Waals surface area contributed by atoms with Crippen LogP contribution in [0.4, 0.5) is 0 Å². The Kier molecular flexibility index (Phi) is 5.35. The third kappa shape index (κ3) is 3.33. The highest BCUT2D eigenvalue weighted by atomic mass is 16.2. The summed E-state index contributed by atoms with van der Waals surface area (Å²) in [6.07, 6.45) is 0.886. The highest BCUT2D eigenvalue weighted by Crippen LogP contribution is 2.23. The van der Waals surface area contributed by atoms with Crippen LogP contribution >= 0.6 is 0 Å². The van der Waals surface area contributed by atoms with Crippen LogP contribution in [0.2, 0.25) is 0 Å². The molecular formula is C15H24N2O. The Morgan fingerprint density at radius 3 is 2.28 bits per heavy atom. The summed E-state index contributed by atoms with van der Waals surface area (Å²) in [4.78, 5) is 14.0. The predicted molar refractivity (Wildman–Crippen MR) is 75.1 cm³/mol. The van der Waals surface area contributed by atoms with E-state index in [9.17, 15) is 4.79 Å². The first kappa shape index (κ1) is 14.7. The second-order valence-corrected chi connectivity index (χ2v) is 5.05. The molecule has 0 aromatic heterocycles. The maximum atomic E-state index is 12.3. The van der Waals surface area contributed by atoms with Crippen molar-refractivity contribution in [1.29, 1.82) is 0 Å². The van der Waals surface area contributed by atoms with Crippen LogP contribution in [-0.4, -0.2) is 23.9 Å². The van der Waals surface area contributed by atoms with Crippen molar-refractivity contribution in [3.05, 3.63) is 35.9 Å². The lowest BCUT2D eigenvalue weighted by Crippen LogP contribution is -2.46. The Morgan fingerprint density at radius 1 is 1.28 bits per heavy atom. The smallest absolute Gasteiger partial charge is 0.240 e. The lowest BCUT2D eigenvalue weighted by atomic mass is 9.99. The first-order valence-corrected chi connectivity index (χ1v) is 6.56. The molecule has 0 saturated carbocycles. The molecule has 0 radical (unpaired) electrons. The molecule has 0 aliphatic rings. The third-order valence-corrected chi connectivity index (χ3v) is 3.39. The molecule has 0 aliphatic carbocycles. The number of rotatable bonds is 5. The van der Waals surface area contributed by atoms with Gasteiger partial charge >= 0.3 is 0 Å². The Balaban J connectivity index is 2.86. The number of carbonyl (C=O) groups excluding carboxylic acids is 1. The van der Waals surface area contributed by atoms with Crippen molar-refractivity contribution in [2.75, 3.05) is 7.05 Å². The van der Waals surface area contributed by atoms with Gasteiger partial charge in [0, 0.05) is 7.05 Å². The van der Waals surface area contributed by atoms with E-state index in [1.807, 2.05) is 39.1 Å². The molecule has 2 N–H and O–H groups in total. The molecule has 1 aromatic carbocycles. The Morgan fingerprint density at radius 2 is 1.83 bits per heavy atom. The van der Waals surface area contributed by atoms with Crippen molar-refractivity contribution in [1.82, 2.24) is 4.90 Å². The van der Waals surface area contributed by atoms with E-state index in [-0.39, 0.29) is 17.9 Å². The molecular weight excluding hydrogens is 224 g/mol. The van der Waals surface area contributed by atoms with Gasteiger partial charge < -0.3 is 10.6 Å². The predicted octanol–water partition coefficient (Wildman–Crippen LogP) is 2.58. The molecule has 2 unspecified atom stereocenters. The van der Waals surface area contributed by atoms with Crippen LogP contribution in [0.25, 0.3) is 0 Å². The van der Waals surface area contributed by atoms with Crippen molar-refractivity contribution in [2.45, 2.75) is 39.3 Å². The summed E-state index contributed by atoms with van der Waals surface area (Å²) in [5, 5.41) is 0. The maximum absolute atomic E-state index is 12.3. The van der Waals surface area contributed by atoms with Gasteiger partial charge in [0.2, 0.25) is 5.91 Å². The SMILES string of the molecule is CCC(c1ccccc1)N(C)C(=O)C(N)C(C)C. The molecule has 3 heteroatoms. The first-order valence-electron chi connectivity index (χ1n) is 6.56. The standard InChI is InChI=1S/C15H24N2O/c1-5-13(12-9-7-6-8-10-12)17(4)15(18)14(16)11(2)3/h6-11,13-14H,5,16H2,1-4H3. The van der Waals surface area contributed by atoms with E-state index in [4.69, 9.17) is 5.73 Å². The zero-order valence-electron chi connectivity index (χ0n) is 11.8. The molecule has 100 valence electrons. The normalized spacial score (nSPS) is 14.3. The number of nitrogens with two attached hydrogens (primary N) is 1. The van der Waals surface area contributed by atoms with Crippen LogP contribution in [0.15, 0.2) is 30.3 Å². The van der Waals surface area contributed by atoms with Gasteiger partial charge in [-0.15, -0.1) is 0 Å². The first-order chi connectivity index (χ1) is 8.49. The lowest BCUT2D eigenvalue weighted by Gasteiger charge is -2.31. The number of amides is 1.